The van der Waals surface area contributed by atoms with Gasteiger partial charge < -0.3 is 4.98 Å². The van der Waals surface area contributed by atoms with Crippen LogP contribution in [0.3, 0.4) is 0 Å². The number of nitrogens with zero attached hydrogens (tertiary/aromatic N) is 1. The standard InChI is InChI=1S/C7H8N.Y/c1-2-7-4-3-5-8-6-7;/h3-4,6H,2H2,1H3;/q-1;. The van der Waals surface area contributed by atoms with E-state index in [2.05, 4.69) is 18.1 Å². The normalized spacial score (nSPS) is 8.11. The van der Waals surface area contributed by atoms with Gasteiger partial charge in [0.05, 0.1) is 0 Å². The van der Waals surface area contributed by atoms with Crippen molar-refractivity contribution in [3.63, 3.8) is 0 Å². The number of rotatable bonds is 1. The van der Waals surface area contributed by atoms with E-state index in [1.165, 1.54) is 5.56 Å². The van der Waals surface area contributed by atoms with Crippen molar-refractivity contribution in [1.82, 2.24) is 4.98 Å². The van der Waals surface area contributed by atoms with E-state index in [0.29, 0.717) is 0 Å². The molecule has 0 spiro atoms. The molecule has 1 heterocycles. The van der Waals surface area contributed by atoms with Crippen molar-refractivity contribution in [2.24, 2.45) is 0 Å². The molecule has 0 amide bonds. The summed E-state index contributed by atoms with van der Waals surface area (Å²) < 4.78 is 0. The molecule has 2 heteroatoms. The van der Waals surface area contributed by atoms with Gasteiger partial charge in [0.25, 0.3) is 0 Å². The summed E-state index contributed by atoms with van der Waals surface area (Å²) in [5.41, 5.74) is 1.27. The second-order valence-corrected chi connectivity index (χ2v) is 1.65. The summed E-state index contributed by atoms with van der Waals surface area (Å²) in [6.45, 7) is 2.11. The van der Waals surface area contributed by atoms with Crippen LogP contribution >= 0.6 is 0 Å². The largest absolute Gasteiger partial charge is 0.394 e. The Labute approximate surface area is 80.8 Å². The topological polar surface area (TPSA) is 12.9 Å². The molecule has 0 unspecified atom stereocenters. The molecule has 1 nitrogen and oxygen atoms in total. The van der Waals surface area contributed by atoms with Crippen LogP contribution in [0.5, 0.6) is 0 Å². The molecular weight excluding hydrogens is 187 g/mol. The molecule has 0 saturated carbocycles. The Hall–Kier alpha value is 0.254. The summed E-state index contributed by atoms with van der Waals surface area (Å²) in [5, 5.41) is 0. The SMILES string of the molecule is CCc1cc[c-]nc1.[Y]. The minimum Gasteiger partial charge on any atom is -0.394 e. The molecule has 0 atom stereocenters. The van der Waals surface area contributed by atoms with Gasteiger partial charge in [0.2, 0.25) is 0 Å². The van der Waals surface area contributed by atoms with Crippen molar-refractivity contribution in [2.45, 2.75) is 13.3 Å². The van der Waals surface area contributed by atoms with Gasteiger partial charge in [-0.1, -0.05) is 25.7 Å². The van der Waals surface area contributed by atoms with Crippen molar-refractivity contribution in [2.75, 3.05) is 0 Å². The first-order valence-electron chi connectivity index (χ1n) is 2.74. The summed E-state index contributed by atoms with van der Waals surface area (Å²) in [5.74, 6) is 0. The molecule has 0 fully saturated rings. The monoisotopic (exact) mass is 195 g/mol. The van der Waals surface area contributed by atoms with Gasteiger partial charge in [-0.15, -0.1) is 5.56 Å². The number of hydrogen-bond acceptors (Lipinski definition) is 1. The Morgan fingerprint density at radius 2 is 2.44 bits per heavy atom. The quantitative estimate of drug-likeness (QED) is 0.618. The van der Waals surface area contributed by atoms with Crippen molar-refractivity contribution in [3.8, 4) is 0 Å². The molecule has 0 aliphatic heterocycles. The zero-order chi connectivity index (χ0) is 5.82. The van der Waals surface area contributed by atoms with Gasteiger partial charge in [-0.2, -0.15) is 12.1 Å². The number of pyridine rings is 1. The van der Waals surface area contributed by atoms with Crippen LogP contribution in [0.2, 0.25) is 0 Å². The predicted octanol–water partition coefficient (Wildman–Crippen LogP) is 1.44. The Bertz CT molecular complexity index is 150. The maximum atomic E-state index is 3.83. The summed E-state index contributed by atoms with van der Waals surface area (Å²) in [7, 11) is 0. The second kappa shape index (κ2) is 5.07. The fraction of sp³-hybridized carbons (Fsp3) is 0.286. The maximum absolute atomic E-state index is 3.83. The van der Waals surface area contributed by atoms with Gasteiger partial charge in [0.1, 0.15) is 0 Å². The van der Waals surface area contributed by atoms with Crippen LogP contribution in [0.15, 0.2) is 18.3 Å². The molecular formula is C7H8NY-. The molecule has 0 aromatic carbocycles. The third-order valence-corrected chi connectivity index (χ3v) is 1.09. The first kappa shape index (κ1) is 9.25. The van der Waals surface area contributed by atoms with Crippen molar-refractivity contribution < 1.29 is 32.7 Å². The van der Waals surface area contributed by atoms with Crippen LogP contribution in [0.1, 0.15) is 12.5 Å². The molecule has 9 heavy (non-hydrogen) atoms. The summed E-state index contributed by atoms with van der Waals surface area (Å²) in [4.78, 5) is 3.83. The Balaban J connectivity index is 0.000000640. The van der Waals surface area contributed by atoms with E-state index in [1.807, 2.05) is 18.3 Å². The molecule has 1 rings (SSSR count). The van der Waals surface area contributed by atoms with E-state index in [-0.39, 0.29) is 32.7 Å². The van der Waals surface area contributed by atoms with Gasteiger partial charge >= 0.3 is 0 Å². The van der Waals surface area contributed by atoms with Gasteiger partial charge in [0.15, 0.2) is 0 Å². The van der Waals surface area contributed by atoms with E-state index >= 15 is 0 Å². The molecule has 1 radical (unpaired) electrons. The van der Waals surface area contributed by atoms with E-state index in [0.717, 1.165) is 6.42 Å². The molecule has 0 saturated heterocycles. The minimum atomic E-state index is 0. The van der Waals surface area contributed by atoms with Gasteiger partial charge in [-0.05, 0) is 0 Å². The Kier molecular flexibility index (Phi) is 5.21. The number of hydrogen-bond donors (Lipinski definition) is 0. The summed E-state index contributed by atoms with van der Waals surface area (Å²) in [6, 6.07) is 3.85. The third-order valence-electron chi connectivity index (χ3n) is 1.09. The average Bonchev–Trinajstić information content (AvgIpc) is 1.90. The smallest absolute Gasteiger partial charge is 0 e. The van der Waals surface area contributed by atoms with E-state index < -0.39 is 0 Å². The fourth-order valence-corrected chi connectivity index (χ4v) is 0.560. The van der Waals surface area contributed by atoms with Crippen molar-refractivity contribution >= 4 is 0 Å². The maximum Gasteiger partial charge on any atom is 0 e. The van der Waals surface area contributed by atoms with Crippen LogP contribution < -0.4 is 0 Å². The van der Waals surface area contributed by atoms with Gasteiger partial charge in [0, 0.05) is 32.7 Å². The Morgan fingerprint density at radius 3 is 2.78 bits per heavy atom. The molecule has 1 aromatic heterocycles. The van der Waals surface area contributed by atoms with Crippen LogP contribution in [0, 0.1) is 6.20 Å². The van der Waals surface area contributed by atoms with Crippen LogP contribution in [-0.4, -0.2) is 4.98 Å². The molecule has 0 N–H and O–H groups in total. The fourth-order valence-electron chi connectivity index (χ4n) is 0.560. The van der Waals surface area contributed by atoms with E-state index in [1.54, 1.807) is 0 Å². The van der Waals surface area contributed by atoms with Crippen LogP contribution in [0.4, 0.5) is 0 Å². The first-order chi connectivity index (χ1) is 3.93. The molecule has 0 aliphatic carbocycles. The molecule has 1 aromatic rings. The van der Waals surface area contributed by atoms with Gasteiger partial charge in [-0.3, -0.25) is 0 Å². The minimum absolute atomic E-state index is 0. The number of aryl methyl sites for hydroxylation is 1. The average molecular weight is 195 g/mol. The van der Waals surface area contributed by atoms with Gasteiger partial charge in [-0.25, -0.2) is 0 Å². The zero-order valence-corrected chi connectivity index (χ0v) is 8.30. The van der Waals surface area contributed by atoms with Crippen LogP contribution in [0.25, 0.3) is 0 Å². The number of aromatic nitrogens is 1. The zero-order valence-electron chi connectivity index (χ0n) is 5.46. The summed E-state index contributed by atoms with van der Waals surface area (Å²) >= 11 is 0. The van der Waals surface area contributed by atoms with Crippen molar-refractivity contribution in [3.05, 3.63) is 30.1 Å². The Morgan fingerprint density at radius 1 is 1.67 bits per heavy atom. The predicted molar refractivity (Wildman–Crippen MR) is 32.5 cm³/mol. The first-order valence-corrected chi connectivity index (χ1v) is 2.74. The molecule has 0 aliphatic rings. The third kappa shape index (κ3) is 3.07. The molecule has 0 bridgehead atoms. The summed E-state index contributed by atoms with van der Waals surface area (Å²) in [6.07, 6.45) is 5.61. The van der Waals surface area contributed by atoms with E-state index in [4.69, 9.17) is 0 Å². The second-order valence-electron chi connectivity index (χ2n) is 1.65. The van der Waals surface area contributed by atoms with E-state index in [9.17, 15) is 0 Å². The van der Waals surface area contributed by atoms with Crippen LogP contribution in [-0.2, 0) is 39.1 Å². The van der Waals surface area contributed by atoms with Crippen molar-refractivity contribution in [1.29, 1.82) is 0 Å². The molecule has 45 valence electrons.